The van der Waals surface area contributed by atoms with Crippen LogP contribution >= 0.6 is 0 Å². The van der Waals surface area contributed by atoms with Crippen molar-refractivity contribution in [1.82, 2.24) is 0 Å². The van der Waals surface area contributed by atoms with Crippen molar-refractivity contribution in [2.45, 2.75) is 0 Å². The van der Waals surface area contributed by atoms with Gasteiger partial charge in [-0.3, -0.25) is 0 Å². The summed E-state index contributed by atoms with van der Waals surface area (Å²) in [7, 11) is 3.17. The van der Waals surface area contributed by atoms with E-state index in [9.17, 15) is 15.5 Å². The van der Waals surface area contributed by atoms with Gasteiger partial charge in [0, 0.05) is 29.0 Å². The number of aliphatic imine (C=N–C) groups is 1. The first-order valence-electron chi connectivity index (χ1n) is 9.96. The van der Waals surface area contributed by atoms with E-state index >= 15 is 0 Å². The maximum atomic E-state index is 10.0. The van der Waals surface area contributed by atoms with Crippen molar-refractivity contribution >= 4 is 12.1 Å². The van der Waals surface area contributed by atoms with E-state index in [0.29, 0.717) is 28.4 Å². The topological polar surface area (TPSA) is 108 Å². The molecule has 0 aliphatic carbocycles. The Labute approximate surface area is 190 Å². The van der Waals surface area contributed by atoms with Gasteiger partial charge in [-0.05, 0) is 54.1 Å². The summed E-state index contributed by atoms with van der Waals surface area (Å²) in [6, 6.07) is 20.9. The Morgan fingerprint density at radius 3 is 2.03 bits per heavy atom. The zero-order valence-electron chi connectivity index (χ0n) is 17.9. The van der Waals surface area contributed by atoms with Gasteiger partial charge in [-0.2, -0.15) is 5.26 Å². The highest BCUT2D eigenvalue weighted by Gasteiger charge is 2.23. The third-order valence-corrected chi connectivity index (χ3v) is 5.07. The van der Waals surface area contributed by atoms with Gasteiger partial charge in [0.2, 0.25) is 5.88 Å². The molecule has 2 N–H and O–H groups in total. The second-order valence-corrected chi connectivity index (χ2v) is 7.06. The Bertz CT molecular complexity index is 1350. The fourth-order valence-corrected chi connectivity index (χ4v) is 3.36. The smallest absolute Gasteiger partial charge is 0.238 e. The van der Waals surface area contributed by atoms with E-state index in [-0.39, 0.29) is 22.9 Å². The number of furan rings is 1. The average molecular weight is 440 g/mol. The van der Waals surface area contributed by atoms with E-state index in [1.807, 2.05) is 24.3 Å². The van der Waals surface area contributed by atoms with Crippen LogP contribution in [0.2, 0.25) is 0 Å². The van der Waals surface area contributed by atoms with Crippen molar-refractivity contribution in [1.29, 1.82) is 5.26 Å². The van der Waals surface area contributed by atoms with Gasteiger partial charge in [0.25, 0.3) is 0 Å². The lowest BCUT2D eigenvalue weighted by Gasteiger charge is -2.06. The third kappa shape index (κ3) is 4.36. The molecule has 1 heterocycles. The molecule has 0 atom stereocenters. The predicted molar refractivity (Wildman–Crippen MR) is 124 cm³/mol. The number of nitriles is 1. The van der Waals surface area contributed by atoms with Crippen LogP contribution in [-0.4, -0.2) is 30.6 Å². The van der Waals surface area contributed by atoms with Crippen molar-refractivity contribution < 1.29 is 24.1 Å². The van der Waals surface area contributed by atoms with Crippen LogP contribution in [0.15, 0.2) is 76.1 Å². The van der Waals surface area contributed by atoms with Crippen molar-refractivity contribution in [3.63, 3.8) is 0 Å². The van der Waals surface area contributed by atoms with Crippen molar-refractivity contribution in [2.24, 2.45) is 4.99 Å². The molecule has 3 aromatic carbocycles. The number of phenols is 2. The number of nitrogens with zero attached hydrogens (tertiary/aromatic N) is 2. The molecule has 0 aliphatic heterocycles. The lowest BCUT2D eigenvalue weighted by atomic mass is 9.98. The molecule has 0 unspecified atom stereocenters. The van der Waals surface area contributed by atoms with Gasteiger partial charge in [-0.25, -0.2) is 4.99 Å². The summed E-state index contributed by atoms with van der Waals surface area (Å²) < 4.78 is 16.6. The maximum Gasteiger partial charge on any atom is 0.238 e. The molecule has 0 saturated heterocycles. The SMILES string of the molecule is COc1ccc(-c2oc(/N=C/c3ccc(O)cc3O)c(C#N)c2-c2ccc(OC)cc2)cc1. The fourth-order valence-electron chi connectivity index (χ4n) is 3.36. The van der Waals surface area contributed by atoms with Gasteiger partial charge in [0.15, 0.2) is 0 Å². The van der Waals surface area contributed by atoms with Crippen LogP contribution in [-0.2, 0) is 0 Å². The summed E-state index contributed by atoms with van der Waals surface area (Å²) in [5, 5.41) is 29.5. The van der Waals surface area contributed by atoms with E-state index in [4.69, 9.17) is 13.9 Å². The molecule has 7 heteroatoms. The highest BCUT2D eigenvalue weighted by molar-refractivity contribution is 5.91. The average Bonchev–Trinajstić information content (AvgIpc) is 3.22. The maximum absolute atomic E-state index is 10.0. The number of hydrogen-bond acceptors (Lipinski definition) is 7. The van der Waals surface area contributed by atoms with Gasteiger partial charge < -0.3 is 24.1 Å². The second kappa shape index (κ2) is 9.20. The minimum Gasteiger partial charge on any atom is -0.508 e. The third-order valence-electron chi connectivity index (χ3n) is 5.07. The van der Waals surface area contributed by atoms with Crippen LogP contribution < -0.4 is 9.47 Å². The zero-order chi connectivity index (χ0) is 23.4. The quantitative estimate of drug-likeness (QED) is 0.374. The van der Waals surface area contributed by atoms with Crippen molar-refractivity contribution in [3.8, 4) is 51.5 Å². The molecule has 0 fully saturated rings. The van der Waals surface area contributed by atoms with Crippen LogP contribution in [0.4, 0.5) is 5.88 Å². The molecule has 7 nitrogen and oxygen atoms in total. The number of rotatable bonds is 6. The molecule has 0 bridgehead atoms. The molecule has 0 aliphatic rings. The highest BCUT2D eigenvalue weighted by Crippen LogP contribution is 2.43. The first-order valence-corrected chi connectivity index (χ1v) is 9.96. The Kier molecular flexibility index (Phi) is 6.00. The van der Waals surface area contributed by atoms with Crippen molar-refractivity contribution in [3.05, 3.63) is 77.9 Å². The molecule has 4 aromatic rings. The van der Waals surface area contributed by atoms with E-state index in [0.717, 1.165) is 11.1 Å². The van der Waals surface area contributed by atoms with Crippen LogP contribution in [0.1, 0.15) is 11.1 Å². The highest BCUT2D eigenvalue weighted by atomic mass is 16.5. The Morgan fingerprint density at radius 1 is 0.879 bits per heavy atom. The van der Waals surface area contributed by atoms with Gasteiger partial charge >= 0.3 is 0 Å². The predicted octanol–water partition coefficient (Wildman–Crippen LogP) is 5.66. The number of hydrogen-bond donors (Lipinski definition) is 2. The van der Waals surface area contributed by atoms with Crippen LogP contribution in [0, 0.1) is 11.3 Å². The summed E-state index contributed by atoms with van der Waals surface area (Å²) in [5.41, 5.74) is 2.71. The molecular formula is C26H20N2O5. The lowest BCUT2D eigenvalue weighted by Crippen LogP contribution is -1.87. The van der Waals surface area contributed by atoms with Crippen LogP contribution in [0.25, 0.3) is 22.5 Å². The van der Waals surface area contributed by atoms with E-state index in [1.54, 1.807) is 38.5 Å². The van der Waals surface area contributed by atoms with Gasteiger partial charge in [-0.1, -0.05) is 12.1 Å². The van der Waals surface area contributed by atoms with Crippen LogP contribution in [0.5, 0.6) is 23.0 Å². The summed E-state index contributed by atoms with van der Waals surface area (Å²) in [6.45, 7) is 0. The van der Waals surface area contributed by atoms with Crippen molar-refractivity contribution in [2.75, 3.05) is 14.2 Å². The van der Waals surface area contributed by atoms with Crippen LogP contribution in [0.3, 0.4) is 0 Å². The minimum atomic E-state index is -0.144. The fraction of sp³-hybridized carbons (Fsp3) is 0.0769. The normalized spacial score (nSPS) is 10.8. The Hall–Kier alpha value is -4.70. The number of benzene rings is 3. The van der Waals surface area contributed by atoms with E-state index in [1.165, 1.54) is 24.4 Å². The van der Waals surface area contributed by atoms with E-state index < -0.39 is 0 Å². The van der Waals surface area contributed by atoms with Gasteiger partial charge in [0.1, 0.15) is 40.4 Å². The molecule has 1 aromatic heterocycles. The standard InChI is InChI=1S/C26H20N2O5/c1-31-20-9-4-16(5-10-20)24-22(14-27)26(28-15-18-3-8-19(29)13-23(18)30)33-25(24)17-6-11-21(32-2)12-7-17/h3-13,15,29-30H,1-2H3/b28-15+. The first kappa shape index (κ1) is 21.5. The summed E-state index contributed by atoms with van der Waals surface area (Å²) in [4.78, 5) is 4.33. The molecule has 0 amide bonds. The Morgan fingerprint density at radius 2 is 1.48 bits per heavy atom. The molecule has 4 rings (SSSR count). The van der Waals surface area contributed by atoms with E-state index in [2.05, 4.69) is 11.1 Å². The monoisotopic (exact) mass is 440 g/mol. The molecule has 164 valence electrons. The summed E-state index contributed by atoms with van der Waals surface area (Å²) in [5.74, 6) is 1.74. The summed E-state index contributed by atoms with van der Waals surface area (Å²) in [6.07, 6.45) is 1.38. The van der Waals surface area contributed by atoms with Gasteiger partial charge in [-0.15, -0.1) is 0 Å². The first-order chi connectivity index (χ1) is 16.0. The minimum absolute atomic E-state index is 0.0658. The van der Waals surface area contributed by atoms with Gasteiger partial charge in [0.05, 0.1) is 14.2 Å². The molecule has 0 saturated carbocycles. The number of ether oxygens (including phenoxy) is 2. The number of aromatic hydroxyl groups is 2. The number of phenolic OH excluding ortho intramolecular Hbond substituents is 2. The zero-order valence-corrected chi connectivity index (χ0v) is 17.9. The lowest BCUT2D eigenvalue weighted by molar-refractivity contribution is 0.414. The summed E-state index contributed by atoms with van der Waals surface area (Å²) >= 11 is 0. The molecule has 0 radical (unpaired) electrons. The second-order valence-electron chi connectivity index (χ2n) is 7.06. The molecule has 0 spiro atoms. The number of methoxy groups -OCH3 is 2. The molecule has 33 heavy (non-hydrogen) atoms. The Balaban J connectivity index is 1.87. The molecular weight excluding hydrogens is 420 g/mol. The largest absolute Gasteiger partial charge is 0.508 e.